The maximum absolute atomic E-state index is 12.3. The maximum atomic E-state index is 12.3. The fourth-order valence-corrected chi connectivity index (χ4v) is 5.06. The van der Waals surface area contributed by atoms with Crippen LogP contribution in [0.3, 0.4) is 0 Å². The molecule has 0 aliphatic carbocycles. The molecule has 0 aromatic heterocycles. The zero-order valence-corrected chi connectivity index (χ0v) is 19.6. The third-order valence-corrected chi connectivity index (χ3v) is 7.78. The maximum Gasteiger partial charge on any atom is 0.331 e. The van der Waals surface area contributed by atoms with Gasteiger partial charge in [0.05, 0.1) is 9.79 Å². The van der Waals surface area contributed by atoms with Crippen molar-refractivity contribution in [2.75, 3.05) is 26.0 Å². The minimum atomic E-state index is -3.75. The number of anilines is 1. The molecular weight excluding hydrogens is 472 g/mol. The molecule has 11 nitrogen and oxygen atoms in total. The van der Waals surface area contributed by atoms with Gasteiger partial charge in [-0.05, 0) is 37.3 Å². The van der Waals surface area contributed by atoms with E-state index in [4.69, 9.17) is 4.74 Å². The Morgan fingerprint density at radius 1 is 1.15 bits per heavy atom. The number of aliphatic imine (C=N–C) groups is 1. The number of sulfonamides is 2. The Labute approximate surface area is 191 Å². The van der Waals surface area contributed by atoms with Crippen LogP contribution >= 0.6 is 0 Å². The van der Waals surface area contributed by atoms with Crippen molar-refractivity contribution in [2.45, 2.75) is 22.8 Å². The van der Waals surface area contributed by atoms with Crippen LogP contribution in [0.25, 0.3) is 0 Å². The summed E-state index contributed by atoms with van der Waals surface area (Å²) in [5, 5.41) is 2.46. The number of nitrogens with one attached hydrogen (secondary N) is 2. The van der Waals surface area contributed by atoms with Gasteiger partial charge in [0, 0.05) is 25.3 Å². The molecule has 2 N–H and O–H groups in total. The van der Waals surface area contributed by atoms with Crippen LogP contribution in [0.15, 0.2) is 63.3 Å². The smallest absolute Gasteiger partial charge is 0.331 e. The van der Waals surface area contributed by atoms with Gasteiger partial charge in [-0.15, -0.1) is 0 Å². The van der Waals surface area contributed by atoms with E-state index in [1.807, 2.05) is 0 Å². The molecule has 2 aromatic carbocycles. The average molecular weight is 495 g/mol. The second-order valence-corrected chi connectivity index (χ2v) is 11.0. The predicted molar refractivity (Wildman–Crippen MR) is 120 cm³/mol. The van der Waals surface area contributed by atoms with Crippen LogP contribution in [0.4, 0.5) is 5.69 Å². The van der Waals surface area contributed by atoms with Crippen LogP contribution in [-0.2, 0) is 34.4 Å². The van der Waals surface area contributed by atoms with E-state index in [9.17, 15) is 26.4 Å². The minimum Gasteiger partial charge on any atom is -0.454 e. The largest absolute Gasteiger partial charge is 0.454 e. The van der Waals surface area contributed by atoms with Crippen LogP contribution in [0.1, 0.15) is 12.5 Å². The number of benzene rings is 2. The molecular formula is C20H22N4O7S2. The predicted octanol–water partition coefficient (Wildman–Crippen LogP) is 0.546. The topological polar surface area (TPSA) is 151 Å². The van der Waals surface area contributed by atoms with E-state index in [2.05, 4.69) is 15.0 Å². The summed E-state index contributed by atoms with van der Waals surface area (Å²) in [7, 11) is -4.65. The molecule has 1 aliphatic rings. The molecule has 33 heavy (non-hydrogen) atoms. The van der Waals surface area contributed by atoms with Crippen molar-refractivity contribution in [1.82, 2.24) is 9.03 Å². The van der Waals surface area contributed by atoms with Crippen LogP contribution in [0, 0.1) is 0 Å². The third-order valence-electron chi connectivity index (χ3n) is 4.57. The van der Waals surface area contributed by atoms with E-state index in [-0.39, 0.29) is 21.3 Å². The van der Waals surface area contributed by atoms with Crippen LogP contribution < -0.4 is 10.0 Å². The molecule has 2 aromatic rings. The molecule has 0 fully saturated rings. The molecule has 3 rings (SSSR count). The fraction of sp³-hybridized carbons (Fsp3) is 0.250. The first-order valence-electron chi connectivity index (χ1n) is 9.61. The van der Waals surface area contributed by atoms with Gasteiger partial charge in [-0.2, -0.15) is 0 Å². The summed E-state index contributed by atoms with van der Waals surface area (Å²) in [6.07, 6.45) is 0. The second-order valence-electron chi connectivity index (χ2n) is 7.23. The zero-order valence-electron chi connectivity index (χ0n) is 18.0. The van der Waals surface area contributed by atoms with Gasteiger partial charge in [-0.1, -0.05) is 18.2 Å². The molecule has 0 saturated carbocycles. The van der Waals surface area contributed by atoms with E-state index < -0.39 is 44.6 Å². The van der Waals surface area contributed by atoms with Gasteiger partial charge in [-0.3, -0.25) is 14.5 Å². The highest BCUT2D eigenvalue weighted by Crippen LogP contribution is 2.22. The van der Waals surface area contributed by atoms with Gasteiger partial charge in [0.2, 0.25) is 10.0 Å². The molecule has 13 heteroatoms. The molecule has 0 radical (unpaired) electrons. The lowest BCUT2D eigenvalue weighted by molar-refractivity contribution is -0.148. The normalized spacial score (nSPS) is 16.7. The first-order valence-corrected chi connectivity index (χ1v) is 12.5. The van der Waals surface area contributed by atoms with Crippen LogP contribution in [0.5, 0.6) is 0 Å². The standard InChI is InChI=1S/C20H22N4O7S2/c1-13(21-19-16-9-4-5-10-17(16)32(27,28)23-19)20(26)31-12-18(25)22-14-7-6-8-15(11-14)33(29,30)24(2)3/h4-11,13H,12H2,1-3H3,(H,21,23)(H,22,25)/t13-/m0/s1. The summed E-state index contributed by atoms with van der Waals surface area (Å²) in [5.74, 6) is -1.52. The Bertz CT molecular complexity index is 1340. The molecule has 1 amide bonds. The average Bonchev–Trinajstić information content (AvgIpc) is 3.02. The molecule has 0 bridgehead atoms. The van der Waals surface area contributed by atoms with Gasteiger partial charge in [0.1, 0.15) is 11.9 Å². The van der Waals surface area contributed by atoms with Gasteiger partial charge in [0.15, 0.2) is 6.61 Å². The summed E-state index contributed by atoms with van der Waals surface area (Å²) in [6.45, 7) is 0.763. The molecule has 1 heterocycles. The van der Waals surface area contributed by atoms with Gasteiger partial charge in [0.25, 0.3) is 15.9 Å². The summed E-state index contributed by atoms with van der Waals surface area (Å²) in [5.41, 5.74) is 0.548. The first kappa shape index (κ1) is 24.4. The van der Waals surface area contributed by atoms with Crippen LogP contribution in [-0.4, -0.2) is 65.6 Å². The number of hydrogen-bond acceptors (Lipinski definition) is 8. The number of amidine groups is 1. The van der Waals surface area contributed by atoms with E-state index in [0.717, 1.165) is 4.31 Å². The molecule has 0 saturated heterocycles. The van der Waals surface area contributed by atoms with Crippen LogP contribution in [0.2, 0.25) is 0 Å². The molecule has 0 spiro atoms. The fourth-order valence-electron chi connectivity index (χ4n) is 2.88. The number of esters is 1. The van der Waals surface area contributed by atoms with E-state index in [1.165, 1.54) is 51.4 Å². The Kier molecular flexibility index (Phi) is 6.86. The SMILES string of the molecule is C[C@H](N=C1NS(=O)(=O)c2ccccc21)C(=O)OCC(=O)Nc1cccc(S(=O)(=O)N(C)C)c1. The van der Waals surface area contributed by atoms with Crippen molar-refractivity contribution in [3.05, 3.63) is 54.1 Å². The Morgan fingerprint density at radius 2 is 1.85 bits per heavy atom. The van der Waals surface area contributed by atoms with Crippen molar-refractivity contribution in [3.63, 3.8) is 0 Å². The summed E-state index contributed by atoms with van der Waals surface area (Å²) < 4.78 is 57.0. The quantitative estimate of drug-likeness (QED) is 0.533. The highest BCUT2D eigenvalue weighted by atomic mass is 32.2. The Balaban J connectivity index is 1.62. The lowest BCUT2D eigenvalue weighted by atomic mass is 10.2. The van der Waals surface area contributed by atoms with E-state index in [1.54, 1.807) is 18.2 Å². The summed E-state index contributed by atoms with van der Waals surface area (Å²) in [4.78, 5) is 28.5. The number of carbonyl (C=O) groups excluding carboxylic acids is 2. The van der Waals surface area contributed by atoms with Gasteiger partial charge in [-0.25, -0.2) is 25.9 Å². The number of nitrogens with zero attached hydrogens (tertiary/aromatic N) is 2. The summed E-state index contributed by atoms with van der Waals surface area (Å²) in [6, 6.07) is 10.7. The Morgan fingerprint density at radius 3 is 2.55 bits per heavy atom. The number of hydrogen-bond donors (Lipinski definition) is 2. The number of fused-ring (bicyclic) bond motifs is 1. The van der Waals surface area contributed by atoms with Gasteiger partial charge >= 0.3 is 5.97 Å². The Hall–Kier alpha value is -3.29. The second kappa shape index (κ2) is 9.29. The van der Waals surface area contributed by atoms with E-state index in [0.29, 0.717) is 5.56 Å². The highest BCUT2D eigenvalue weighted by Gasteiger charge is 2.31. The summed E-state index contributed by atoms with van der Waals surface area (Å²) >= 11 is 0. The lowest BCUT2D eigenvalue weighted by Crippen LogP contribution is -2.29. The molecule has 176 valence electrons. The number of rotatable bonds is 7. The van der Waals surface area contributed by atoms with E-state index >= 15 is 0 Å². The number of ether oxygens (including phenoxy) is 1. The third kappa shape index (κ3) is 5.38. The molecule has 0 unspecified atom stereocenters. The lowest BCUT2D eigenvalue weighted by Gasteiger charge is -2.13. The monoisotopic (exact) mass is 494 g/mol. The van der Waals surface area contributed by atoms with Crippen molar-refractivity contribution < 1.29 is 31.2 Å². The number of amides is 1. The number of carbonyl (C=O) groups is 2. The molecule has 1 aliphatic heterocycles. The highest BCUT2D eigenvalue weighted by molar-refractivity contribution is 7.90. The van der Waals surface area contributed by atoms with Gasteiger partial charge < -0.3 is 10.1 Å². The van der Waals surface area contributed by atoms with Crippen molar-refractivity contribution in [2.24, 2.45) is 4.99 Å². The zero-order chi connectivity index (χ0) is 24.4. The first-order chi connectivity index (χ1) is 15.4. The van der Waals surface area contributed by atoms with Crippen molar-refractivity contribution in [3.8, 4) is 0 Å². The van der Waals surface area contributed by atoms with Crippen molar-refractivity contribution >= 4 is 43.4 Å². The van der Waals surface area contributed by atoms with Crippen molar-refractivity contribution in [1.29, 1.82) is 0 Å². The molecule has 1 atom stereocenters. The minimum absolute atomic E-state index is 0.00830.